The second-order valence-electron chi connectivity index (χ2n) is 7.93. The third-order valence-corrected chi connectivity index (χ3v) is 6.00. The number of hydroxylamine groups is 1. The van der Waals surface area contributed by atoms with Gasteiger partial charge in [-0.15, -0.1) is 5.48 Å². The molecule has 0 spiro atoms. The highest BCUT2D eigenvalue weighted by Crippen LogP contribution is 2.39. The molecule has 0 aromatic heterocycles. The number of rotatable bonds is 8. The van der Waals surface area contributed by atoms with Gasteiger partial charge in [-0.25, -0.2) is 9.18 Å². The molecule has 2 heterocycles. The fourth-order valence-electron chi connectivity index (χ4n) is 4.29. The predicted octanol–water partition coefficient (Wildman–Crippen LogP) is 3.65. The van der Waals surface area contributed by atoms with Gasteiger partial charge in [0.1, 0.15) is 5.82 Å². The third-order valence-electron chi connectivity index (χ3n) is 6.00. The first-order chi connectivity index (χ1) is 15.0. The van der Waals surface area contributed by atoms with E-state index in [1.54, 1.807) is 6.07 Å². The first-order valence-corrected chi connectivity index (χ1v) is 10.5. The molecular weight excluding hydrogens is 403 g/mol. The van der Waals surface area contributed by atoms with Crippen LogP contribution in [0, 0.1) is 11.7 Å². The fraction of sp³-hybridized carbons (Fsp3) is 0.435. The van der Waals surface area contributed by atoms with Gasteiger partial charge in [0.2, 0.25) is 0 Å². The van der Waals surface area contributed by atoms with Crippen molar-refractivity contribution in [2.75, 3.05) is 33.4 Å². The van der Waals surface area contributed by atoms with Crippen LogP contribution in [0.4, 0.5) is 4.39 Å². The number of hydrogen-bond donors (Lipinski definition) is 2. The molecule has 8 heteroatoms. The molecule has 0 aliphatic carbocycles. The van der Waals surface area contributed by atoms with Gasteiger partial charge >= 0.3 is 5.97 Å². The van der Waals surface area contributed by atoms with E-state index in [2.05, 4.69) is 10.4 Å². The first-order valence-electron chi connectivity index (χ1n) is 10.5. The highest BCUT2D eigenvalue weighted by Gasteiger charge is 2.33. The van der Waals surface area contributed by atoms with E-state index in [-0.39, 0.29) is 17.4 Å². The minimum absolute atomic E-state index is 0.113. The Bertz CT molecular complexity index is 930. The molecule has 2 aromatic rings. The lowest BCUT2D eigenvalue weighted by Gasteiger charge is -2.34. The Morgan fingerprint density at radius 2 is 2.03 bits per heavy atom. The number of ether oxygens (including phenoxy) is 2. The molecule has 2 aliphatic heterocycles. The Kier molecular flexibility index (Phi) is 6.58. The van der Waals surface area contributed by atoms with Crippen molar-refractivity contribution in [3.63, 3.8) is 0 Å². The van der Waals surface area contributed by atoms with Crippen molar-refractivity contribution >= 4 is 5.97 Å². The lowest BCUT2D eigenvalue weighted by molar-refractivity contribution is 0.0696. The summed E-state index contributed by atoms with van der Waals surface area (Å²) in [4.78, 5) is 19.0. The van der Waals surface area contributed by atoms with Crippen LogP contribution in [-0.2, 0) is 0 Å². The largest absolute Gasteiger partial charge is 0.493 e. The number of methoxy groups -OCH3 is 1. The second-order valence-corrected chi connectivity index (χ2v) is 7.93. The smallest absolute Gasteiger partial charge is 0.335 e. The summed E-state index contributed by atoms with van der Waals surface area (Å²) in [6.45, 7) is 3.45. The van der Waals surface area contributed by atoms with Gasteiger partial charge in [0, 0.05) is 18.2 Å². The second kappa shape index (κ2) is 9.53. The molecule has 0 radical (unpaired) electrons. The maximum Gasteiger partial charge on any atom is 0.335 e. The van der Waals surface area contributed by atoms with Crippen LogP contribution in [0.3, 0.4) is 0 Å². The summed E-state index contributed by atoms with van der Waals surface area (Å²) in [5.41, 5.74) is 4.28. The van der Waals surface area contributed by atoms with Crippen LogP contribution in [0.5, 0.6) is 17.2 Å². The zero-order valence-corrected chi connectivity index (χ0v) is 17.5. The van der Waals surface area contributed by atoms with E-state index in [1.807, 2.05) is 6.07 Å². The summed E-state index contributed by atoms with van der Waals surface area (Å²) < 4.78 is 24.4. The maximum atomic E-state index is 13.4. The fourth-order valence-corrected chi connectivity index (χ4v) is 4.29. The minimum atomic E-state index is -0.997. The van der Waals surface area contributed by atoms with Crippen molar-refractivity contribution in [2.45, 2.75) is 25.3 Å². The van der Waals surface area contributed by atoms with E-state index < -0.39 is 5.97 Å². The Balaban J connectivity index is 1.21. The van der Waals surface area contributed by atoms with Crippen molar-refractivity contribution in [1.29, 1.82) is 0 Å². The van der Waals surface area contributed by atoms with Gasteiger partial charge in [0.25, 0.3) is 0 Å². The van der Waals surface area contributed by atoms with E-state index in [0.717, 1.165) is 44.5 Å². The van der Waals surface area contributed by atoms with Crippen LogP contribution in [0.15, 0.2) is 36.4 Å². The average Bonchev–Trinajstić information content (AvgIpc) is 3.20. The first kappa shape index (κ1) is 21.4. The van der Waals surface area contributed by atoms with Crippen LogP contribution in [0.2, 0.25) is 0 Å². The van der Waals surface area contributed by atoms with Crippen LogP contribution >= 0.6 is 0 Å². The molecule has 2 N–H and O–H groups in total. The Hall–Kier alpha value is -2.84. The van der Waals surface area contributed by atoms with Crippen LogP contribution in [0.25, 0.3) is 0 Å². The molecule has 1 saturated heterocycles. The van der Waals surface area contributed by atoms with Gasteiger partial charge in [0.05, 0.1) is 25.3 Å². The molecule has 0 amide bonds. The normalized spacial score (nSPS) is 19.0. The number of benzene rings is 2. The topological polar surface area (TPSA) is 80.3 Å². The van der Waals surface area contributed by atoms with Gasteiger partial charge < -0.3 is 24.3 Å². The van der Waals surface area contributed by atoms with Crippen molar-refractivity contribution < 1.29 is 28.6 Å². The summed E-state index contributed by atoms with van der Waals surface area (Å²) in [7, 11) is 1.50. The van der Waals surface area contributed by atoms with Crippen molar-refractivity contribution in [3.8, 4) is 17.2 Å². The quantitative estimate of drug-likeness (QED) is 0.619. The summed E-state index contributed by atoms with van der Waals surface area (Å²) in [6, 6.07) is 9.46. The monoisotopic (exact) mass is 430 g/mol. The van der Waals surface area contributed by atoms with E-state index in [0.29, 0.717) is 29.8 Å². The van der Waals surface area contributed by atoms with Crippen LogP contribution in [-0.4, -0.2) is 49.3 Å². The van der Waals surface area contributed by atoms with E-state index in [9.17, 15) is 9.18 Å². The van der Waals surface area contributed by atoms with Crippen molar-refractivity contribution in [1.82, 2.24) is 10.4 Å². The van der Waals surface area contributed by atoms with Crippen LogP contribution < -0.4 is 19.8 Å². The molecule has 1 fully saturated rings. The number of nitrogens with zero attached hydrogens (tertiary/aromatic N) is 1. The molecule has 0 unspecified atom stereocenters. The molecule has 166 valence electrons. The zero-order chi connectivity index (χ0) is 21.8. The molecular formula is C23H27FN2O5. The molecule has 7 nitrogen and oxygen atoms in total. The van der Waals surface area contributed by atoms with E-state index >= 15 is 0 Å². The summed E-state index contributed by atoms with van der Waals surface area (Å²) >= 11 is 0. The standard InChI is InChI=1S/C23H27FN2O5/c1-29-21-13-16(23(27)28)3-6-19(21)30-12-2-9-26-10-7-15(8-11-26)22-18-5-4-17(24)14-20(18)31-25-22/h3-6,13-15,22,25H,2,7-12H2,1H3,(H,27,28)/t22-/m1/s1. The number of carboxylic acids is 1. The SMILES string of the molecule is COc1cc(C(=O)O)ccc1OCCCN1CCC([C@H]2NOc3cc(F)ccc32)CC1. The summed E-state index contributed by atoms with van der Waals surface area (Å²) in [5.74, 6) is 0.741. The predicted molar refractivity (Wildman–Crippen MR) is 112 cm³/mol. The summed E-state index contributed by atoms with van der Waals surface area (Å²) in [5, 5.41) is 9.07. The van der Waals surface area contributed by atoms with Gasteiger partial charge in [-0.2, -0.15) is 0 Å². The van der Waals surface area contributed by atoms with Crippen LogP contribution in [0.1, 0.15) is 41.2 Å². The van der Waals surface area contributed by atoms with Gasteiger partial charge in [-0.3, -0.25) is 0 Å². The van der Waals surface area contributed by atoms with E-state index in [4.69, 9.17) is 19.4 Å². The number of hydrogen-bond acceptors (Lipinski definition) is 6. The minimum Gasteiger partial charge on any atom is -0.493 e. The number of aromatic carboxylic acids is 1. The molecule has 1 atom stereocenters. The summed E-state index contributed by atoms with van der Waals surface area (Å²) in [6.07, 6.45) is 2.95. The number of nitrogens with one attached hydrogen (secondary N) is 1. The Morgan fingerprint density at radius 3 is 2.77 bits per heavy atom. The molecule has 0 bridgehead atoms. The maximum absolute atomic E-state index is 13.4. The number of fused-ring (bicyclic) bond motifs is 1. The third kappa shape index (κ3) is 4.91. The van der Waals surface area contributed by atoms with Crippen molar-refractivity contribution in [3.05, 3.63) is 53.3 Å². The Labute approximate surface area is 180 Å². The molecule has 31 heavy (non-hydrogen) atoms. The number of halogens is 1. The zero-order valence-electron chi connectivity index (χ0n) is 17.5. The average molecular weight is 430 g/mol. The lowest BCUT2D eigenvalue weighted by Crippen LogP contribution is -2.38. The number of carboxylic acid groups (broad SMARTS) is 1. The highest BCUT2D eigenvalue weighted by molar-refractivity contribution is 5.88. The van der Waals surface area contributed by atoms with E-state index in [1.165, 1.54) is 31.4 Å². The molecule has 0 saturated carbocycles. The highest BCUT2D eigenvalue weighted by atomic mass is 19.1. The molecule has 2 aliphatic rings. The van der Waals surface area contributed by atoms with Crippen molar-refractivity contribution in [2.24, 2.45) is 5.92 Å². The van der Waals surface area contributed by atoms with Gasteiger partial charge in [-0.05, 0) is 62.5 Å². The van der Waals surface area contributed by atoms with Gasteiger partial charge in [-0.1, -0.05) is 6.07 Å². The number of piperidine rings is 1. The Morgan fingerprint density at radius 1 is 1.23 bits per heavy atom. The lowest BCUT2D eigenvalue weighted by atomic mass is 9.86. The number of likely N-dealkylation sites (tertiary alicyclic amines) is 1. The van der Waals surface area contributed by atoms with Gasteiger partial charge in [0.15, 0.2) is 17.2 Å². The molecule has 4 rings (SSSR count). The number of carbonyl (C=O) groups is 1. The molecule has 2 aromatic carbocycles.